The van der Waals surface area contributed by atoms with Gasteiger partial charge >= 0.3 is 0 Å². The summed E-state index contributed by atoms with van der Waals surface area (Å²) in [6, 6.07) is 18.3. The van der Waals surface area contributed by atoms with Gasteiger partial charge in [-0.05, 0) is 30.5 Å². The number of rotatable bonds is 6. The van der Waals surface area contributed by atoms with Crippen LogP contribution in [0.4, 0.5) is 5.69 Å². The third-order valence-corrected chi connectivity index (χ3v) is 5.57. The molecule has 4 rings (SSSR count). The second-order valence-electron chi connectivity index (χ2n) is 6.76. The van der Waals surface area contributed by atoms with Crippen LogP contribution in [-0.2, 0) is 0 Å². The summed E-state index contributed by atoms with van der Waals surface area (Å²) in [5.74, 6) is -0.369. The van der Waals surface area contributed by atoms with Crippen LogP contribution in [0.15, 0.2) is 82.0 Å². The van der Waals surface area contributed by atoms with Crippen molar-refractivity contribution < 1.29 is 9.72 Å². The highest BCUT2D eigenvalue weighted by Gasteiger charge is 2.20. The quantitative estimate of drug-likeness (QED) is 0.264. The van der Waals surface area contributed by atoms with Gasteiger partial charge < -0.3 is 0 Å². The Morgan fingerprint density at radius 1 is 1.09 bits per heavy atom. The minimum absolute atomic E-state index is 0.0779. The van der Waals surface area contributed by atoms with E-state index in [0.29, 0.717) is 22.0 Å². The lowest BCUT2D eigenvalue weighted by molar-refractivity contribution is -0.384. The molecule has 0 aliphatic carbocycles. The van der Waals surface area contributed by atoms with Gasteiger partial charge in [0.2, 0.25) is 0 Å². The van der Waals surface area contributed by atoms with E-state index < -0.39 is 10.5 Å². The molecule has 0 fully saturated rings. The number of carbonyl (C=O) groups is 1. The fraction of sp³-hybridized carbons (Fsp3) is 0.0455. The molecule has 2 heterocycles. The number of H-pyrrole nitrogens is 1. The Balaban J connectivity index is 1.78. The summed E-state index contributed by atoms with van der Waals surface area (Å²) in [5.41, 5.74) is 4.29. The Hall–Kier alpha value is -4.31. The van der Waals surface area contributed by atoms with Crippen molar-refractivity contribution in [1.29, 1.82) is 0 Å². The molecule has 0 aliphatic rings. The van der Waals surface area contributed by atoms with Gasteiger partial charge in [0.05, 0.1) is 32.5 Å². The van der Waals surface area contributed by atoms with Crippen molar-refractivity contribution >= 4 is 28.6 Å². The molecule has 2 aromatic heterocycles. The van der Waals surface area contributed by atoms with Crippen LogP contribution in [0.25, 0.3) is 16.9 Å². The third-order valence-electron chi connectivity index (χ3n) is 4.70. The highest BCUT2D eigenvalue weighted by atomic mass is 32.1. The van der Waals surface area contributed by atoms with Gasteiger partial charge in [-0.2, -0.15) is 5.10 Å². The van der Waals surface area contributed by atoms with Crippen molar-refractivity contribution in [3.63, 3.8) is 0 Å². The van der Waals surface area contributed by atoms with Crippen LogP contribution in [0.1, 0.15) is 22.2 Å². The molecule has 0 atom stereocenters. The summed E-state index contributed by atoms with van der Waals surface area (Å²) < 4.78 is 1.29. The molecule has 9 nitrogen and oxygen atoms in total. The van der Waals surface area contributed by atoms with Crippen molar-refractivity contribution in [3.8, 4) is 16.9 Å². The number of nitro benzene ring substituents is 1. The molecule has 4 aromatic rings. The van der Waals surface area contributed by atoms with E-state index in [4.69, 9.17) is 0 Å². The van der Waals surface area contributed by atoms with Crippen molar-refractivity contribution in [1.82, 2.24) is 15.2 Å². The Morgan fingerprint density at radius 2 is 1.81 bits per heavy atom. The number of nitrogens with zero attached hydrogens (tertiary/aromatic N) is 3. The Morgan fingerprint density at radius 3 is 2.44 bits per heavy atom. The molecule has 1 amide bonds. The Bertz CT molecular complexity index is 1350. The zero-order valence-corrected chi connectivity index (χ0v) is 17.6. The van der Waals surface area contributed by atoms with Gasteiger partial charge in [0.25, 0.3) is 17.2 Å². The van der Waals surface area contributed by atoms with Gasteiger partial charge in [0.15, 0.2) is 0 Å². The number of benzene rings is 2. The molecular formula is C22H17N5O4S. The highest BCUT2D eigenvalue weighted by Crippen LogP contribution is 2.22. The molecule has 0 aliphatic heterocycles. The zero-order valence-electron chi connectivity index (χ0n) is 16.8. The monoisotopic (exact) mass is 447 g/mol. The van der Waals surface area contributed by atoms with E-state index in [2.05, 4.69) is 15.6 Å². The van der Waals surface area contributed by atoms with Crippen LogP contribution in [0.5, 0.6) is 0 Å². The van der Waals surface area contributed by atoms with Crippen molar-refractivity contribution in [2.75, 3.05) is 0 Å². The van der Waals surface area contributed by atoms with Crippen LogP contribution in [-0.4, -0.2) is 26.3 Å². The maximum absolute atomic E-state index is 13.3. The Kier molecular flexibility index (Phi) is 5.77. The van der Waals surface area contributed by atoms with Gasteiger partial charge in [0.1, 0.15) is 0 Å². The molecule has 0 saturated heterocycles. The lowest BCUT2D eigenvalue weighted by Gasteiger charge is -2.03. The zero-order chi connectivity index (χ0) is 22.7. The van der Waals surface area contributed by atoms with Crippen LogP contribution in [0.2, 0.25) is 0 Å². The molecular weight excluding hydrogens is 430 g/mol. The van der Waals surface area contributed by atoms with Crippen LogP contribution in [0, 0.1) is 10.1 Å². The number of hydrazone groups is 1. The molecule has 2 aromatic carbocycles. The van der Waals surface area contributed by atoms with Crippen LogP contribution in [0.3, 0.4) is 0 Å². The summed E-state index contributed by atoms with van der Waals surface area (Å²) in [6.07, 6.45) is 0. The predicted octanol–water partition coefficient (Wildman–Crippen LogP) is 3.96. The molecule has 0 radical (unpaired) electrons. The summed E-state index contributed by atoms with van der Waals surface area (Å²) in [6.45, 7) is 1.63. The largest absolute Gasteiger partial charge is 0.290 e. The first-order valence-electron chi connectivity index (χ1n) is 9.49. The maximum atomic E-state index is 13.3. The van der Waals surface area contributed by atoms with Crippen molar-refractivity contribution in [2.45, 2.75) is 6.92 Å². The predicted molar refractivity (Wildman–Crippen MR) is 122 cm³/mol. The number of nitrogens with one attached hydrogen (secondary N) is 2. The van der Waals surface area contributed by atoms with Gasteiger partial charge in [-0.3, -0.25) is 24.8 Å². The van der Waals surface area contributed by atoms with Gasteiger partial charge in [0, 0.05) is 17.7 Å². The number of aromatic nitrogens is 2. The third kappa shape index (κ3) is 4.12. The first-order chi connectivity index (χ1) is 15.5. The van der Waals surface area contributed by atoms with E-state index in [0.717, 1.165) is 5.56 Å². The second-order valence-corrected chi connectivity index (χ2v) is 7.71. The first-order valence-corrected chi connectivity index (χ1v) is 10.4. The minimum Gasteiger partial charge on any atom is -0.290 e. The Labute approximate surface area is 185 Å². The van der Waals surface area contributed by atoms with Gasteiger partial charge in [-0.25, -0.2) is 10.1 Å². The van der Waals surface area contributed by atoms with Gasteiger partial charge in [-0.1, -0.05) is 36.4 Å². The van der Waals surface area contributed by atoms with E-state index in [1.807, 2.05) is 30.3 Å². The fourth-order valence-electron chi connectivity index (χ4n) is 3.15. The number of hydrogen-bond donors (Lipinski definition) is 2. The second kappa shape index (κ2) is 8.82. The van der Waals surface area contributed by atoms with E-state index in [-0.39, 0.29) is 17.2 Å². The molecule has 160 valence electrons. The molecule has 32 heavy (non-hydrogen) atoms. The van der Waals surface area contributed by atoms with Crippen LogP contribution < -0.4 is 11.0 Å². The number of hydrogen-bond acceptors (Lipinski definition) is 6. The molecule has 0 saturated carbocycles. The highest BCUT2D eigenvalue weighted by molar-refractivity contribution is 7.12. The SMILES string of the molecule is C/C(=N\NC(=O)c1cccs1)c1c(-c2ccccc2)[nH]n(-c2ccc([N+](=O)[O-])cc2)c1=O. The normalized spacial score (nSPS) is 11.3. The number of nitro groups is 1. The summed E-state index contributed by atoms with van der Waals surface area (Å²) >= 11 is 1.28. The molecule has 0 spiro atoms. The van der Waals surface area contributed by atoms with Gasteiger partial charge in [-0.15, -0.1) is 11.3 Å². The number of non-ortho nitro benzene ring substituents is 1. The summed E-state index contributed by atoms with van der Waals surface area (Å²) in [5, 5.41) is 19.9. The fourth-order valence-corrected chi connectivity index (χ4v) is 3.76. The number of carbonyl (C=O) groups excluding carboxylic acids is 1. The number of thiophene rings is 1. The number of aromatic amines is 1. The number of amides is 1. The van der Waals surface area contributed by atoms with Crippen molar-refractivity contribution in [2.24, 2.45) is 5.10 Å². The van der Waals surface area contributed by atoms with E-state index in [9.17, 15) is 19.7 Å². The minimum atomic E-state index is -0.505. The molecule has 10 heteroatoms. The lowest BCUT2D eigenvalue weighted by Crippen LogP contribution is -2.23. The average Bonchev–Trinajstić information content (AvgIpc) is 3.46. The topological polar surface area (TPSA) is 122 Å². The lowest BCUT2D eigenvalue weighted by atomic mass is 10.1. The maximum Gasteiger partial charge on any atom is 0.281 e. The van der Waals surface area contributed by atoms with Crippen LogP contribution >= 0.6 is 11.3 Å². The molecule has 0 bridgehead atoms. The first kappa shape index (κ1) is 20.9. The summed E-state index contributed by atoms with van der Waals surface area (Å²) in [4.78, 5) is 36.5. The molecule has 2 N–H and O–H groups in total. The smallest absolute Gasteiger partial charge is 0.281 e. The van der Waals surface area contributed by atoms with E-state index in [1.54, 1.807) is 24.4 Å². The average molecular weight is 447 g/mol. The van der Waals surface area contributed by atoms with E-state index >= 15 is 0 Å². The van der Waals surface area contributed by atoms with E-state index in [1.165, 1.54) is 40.3 Å². The van der Waals surface area contributed by atoms with Crippen molar-refractivity contribution in [3.05, 3.63) is 103 Å². The summed E-state index contributed by atoms with van der Waals surface area (Å²) in [7, 11) is 0. The molecule has 0 unspecified atom stereocenters. The standard InChI is InChI=1S/C22H17N5O4S/c1-14(23-24-21(28)18-8-5-13-32-18)19-20(15-6-3-2-4-7-15)25-26(22(19)29)16-9-11-17(12-10-16)27(30)31/h2-13,25H,1H3,(H,24,28)/b23-14+.